The number of halogens is 2. The lowest BCUT2D eigenvalue weighted by Gasteiger charge is -2.16. The van der Waals surface area contributed by atoms with E-state index >= 15 is 0 Å². The second-order valence-electron chi connectivity index (χ2n) is 5.98. The quantitative estimate of drug-likeness (QED) is 0.497. The largest absolute Gasteiger partial charge is 0.463 e. The highest BCUT2D eigenvalue weighted by molar-refractivity contribution is 9.10. The topological polar surface area (TPSA) is 84.5 Å². The van der Waals surface area contributed by atoms with Gasteiger partial charge in [-0.25, -0.2) is 4.79 Å². The van der Waals surface area contributed by atoms with Gasteiger partial charge in [0.2, 0.25) is 5.91 Å². The molecule has 6 nitrogen and oxygen atoms in total. The van der Waals surface area contributed by atoms with E-state index in [0.29, 0.717) is 15.4 Å². The van der Waals surface area contributed by atoms with Crippen molar-refractivity contribution in [3.05, 3.63) is 39.3 Å². The Morgan fingerprint density at radius 1 is 1.35 bits per heavy atom. The number of carbonyl (C=O) groups excluding carboxylic acids is 3. The number of hydrogen-bond acceptors (Lipinski definition) is 4. The molecule has 1 aliphatic carbocycles. The molecular formula is C18H20BrClN2O4. The molecule has 0 bridgehead atoms. The average molecular weight is 444 g/mol. The second kappa shape index (κ2) is 9.19. The number of nitrogens with one attached hydrogen (secondary N) is 2. The summed E-state index contributed by atoms with van der Waals surface area (Å²) in [6.07, 6.45) is 4.27. The van der Waals surface area contributed by atoms with Crippen LogP contribution in [-0.2, 0) is 14.3 Å². The molecule has 2 N–H and O–H groups in total. The fraction of sp³-hybridized carbons (Fsp3) is 0.389. The smallest absolute Gasteiger partial charge is 0.330 e. The Bertz CT molecular complexity index is 747. The zero-order chi connectivity index (χ0) is 19.3. The highest BCUT2D eigenvalue weighted by atomic mass is 79.9. The van der Waals surface area contributed by atoms with Gasteiger partial charge in [-0.2, -0.15) is 0 Å². The summed E-state index contributed by atoms with van der Waals surface area (Å²) in [5, 5.41) is 5.90. The van der Waals surface area contributed by atoms with E-state index in [2.05, 4.69) is 26.6 Å². The van der Waals surface area contributed by atoms with Gasteiger partial charge in [-0.1, -0.05) is 11.6 Å². The molecule has 0 heterocycles. The van der Waals surface area contributed by atoms with Crippen LogP contribution < -0.4 is 10.6 Å². The first-order valence-corrected chi connectivity index (χ1v) is 9.44. The molecule has 0 radical (unpaired) electrons. The molecule has 0 aliphatic heterocycles. The highest BCUT2D eigenvalue weighted by Gasteiger charge is 2.30. The molecule has 26 heavy (non-hydrogen) atoms. The van der Waals surface area contributed by atoms with Crippen molar-refractivity contribution in [3.8, 4) is 0 Å². The SMILES string of the molecule is CCOC(=O)/C=C\C(=O)Nc1c(Br)cc(Cl)cc1C(=O)NC(C)C1CC1. The molecule has 2 rings (SSSR count). The van der Waals surface area contributed by atoms with E-state index in [1.165, 1.54) is 6.07 Å². The molecular weight excluding hydrogens is 424 g/mol. The van der Waals surface area contributed by atoms with Gasteiger partial charge in [-0.15, -0.1) is 0 Å². The van der Waals surface area contributed by atoms with Crippen LogP contribution >= 0.6 is 27.5 Å². The van der Waals surface area contributed by atoms with E-state index in [9.17, 15) is 14.4 Å². The van der Waals surface area contributed by atoms with E-state index in [4.69, 9.17) is 16.3 Å². The van der Waals surface area contributed by atoms with Crippen LogP contribution in [0.15, 0.2) is 28.8 Å². The number of benzene rings is 1. The van der Waals surface area contributed by atoms with Gasteiger partial charge < -0.3 is 15.4 Å². The minimum atomic E-state index is -0.617. The van der Waals surface area contributed by atoms with E-state index in [0.717, 1.165) is 25.0 Å². The molecule has 0 spiro atoms. The normalized spacial score (nSPS) is 14.8. The molecule has 2 amide bonds. The van der Waals surface area contributed by atoms with Crippen LogP contribution in [0.25, 0.3) is 0 Å². The van der Waals surface area contributed by atoms with Crippen LogP contribution in [0.1, 0.15) is 37.0 Å². The molecule has 1 aromatic rings. The summed E-state index contributed by atoms with van der Waals surface area (Å²) in [4.78, 5) is 36.0. The molecule has 8 heteroatoms. The third kappa shape index (κ3) is 5.85. The summed E-state index contributed by atoms with van der Waals surface area (Å²) in [5.41, 5.74) is 0.531. The van der Waals surface area contributed by atoms with E-state index in [1.54, 1.807) is 13.0 Å². The van der Waals surface area contributed by atoms with Crippen molar-refractivity contribution in [2.24, 2.45) is 5.92 Å². The van der Waals surface area contributed by atoms with Crippen LogP contribution in [0, 0.1) is 5.92 Å². The zero-order valence-electron chi connectivity index (χ0n) is 14.5. The second-order valence-corrected chi connectivity index (χ2v) is 7.28. The van der Waals surface area contributed by atoms with Crippen molar-refractivity contribution in [2.75, 3.05) is 11.9 Å². The molecule has 0 saturated heterocycles. The third-order valence-corrected chi connectivity index (χ3v) is 4.74. The van der Waals surface area contributed by atoms with Crippen molar-refractivity contribution in [1.29, 1.82) is 0 Å². The number of ether oxygens (including phenoxy) is 1. The maximum absolute atomic E-state index is 12.6. The summed E-state index contributed by atoms with van der Waals surface area (Å²) in [5.74, 6) is -1.01. The summed E-state index contributed by atoms with van der Waals surface area (Å²) in [6, 6.07) is 3.12. The lowest BCUT2D eigenvalue weighted by atomic mass is 10.1. The molecule has 1 saturated carbocycles. The Hall–Kier alpha value is -1.86. The molecule has 140 valence electrons. The zero-order valence-corrected chi connectivity index (χ0v) is 16.8. The Labute approximate surface area is 165 Å². The van der Waals surface area contributed by atoms with Crippen LogP contribution in [0.4, 0.5) is 5.69 Å². The molecule has 0 aromatic heterocycles. The van der Waals surface area contributed by atoms with Gasteiger partial charge in [0.05, 0.1) is 17.9 Å². The summed E-state index contributed by atoms with van der Waals surface area (Å²) in [6.45, 7) is 3.84. The number of carbonyl (C=O) groups is 3. The molecule has 1 unspecified atom stereocenters. The lowest BCUT2D eigenvalue weighted by molar-refractivity contribution is -0.137. The molecule has 1 atom stereocenters. The summed E-state index contributed by atoms with van der Waals surface area (Å²) in [7, 11) is 0. The molecule has 1 aromatic carbocycles. The first-order chi connectivity index (χ1) is 12.3. The van der Waals surface area contributed by atoms with Crippen molar-refractivity contribution >= 4 is 51.0 Å². The van der Waals surface area contributed by atoms with Gasteiger partial charge in [-0.3, -0.25) is 9.59 Å². The van der Waals surface area contributed by atoms with Gasteiger partial charge in [0, 0.05) is 27.7 Å². The van der Waals surface area contributed by atoms with Crippen LogP contribution in [0.3, 0.4) is 0 Å². The lowest BCUT2D eigenvalue weighted by Crippen LogP contribution is -2.34. The number of anilines is 1. The van der Waals surface area contributed by atoms with Crippen molar-refractivity contribution in [1.82, 2.24) is 5.32 Å². The average Bonchev–Trinajstić information content (AvgIpc) is 3.40. The minimum Gasteiger partial charge on any atom is -0.463 e. The number of hydrogen-bond donors (Lipinski definition) is 2. The number of amides is 2. The standard InChI is InChI=1S/C18H20BrClN2O4/c1-3-26-16(24)7-6-15(23)22-17-13(8-12(20)9-14(17)19)18(25)21-10(2)11-4-5-11/h6-11H,3-5H2,1-2H3,(H,21,25)(H,22,23)/b7-6-. The predicted octanol–water partition coefficient (Wildman–Crippen LogP) is 3.69. The predicted molar refractivity (Wildman–Crippen MR) is 103 cm³/mol. The Balaban J connectivity index is 2.17. The van der Waals surface area contributed by atoms with E-state index in [-0.39, 0.29) is 29.8 Å². The first kappa shape index (κ1) is 20.5. The van der Waals surface area contributed by atoms with Crippen LogP contribution in [0.5, 0.6) is 0 Å². The van der Waals surface area contributed by atoms with Crippen molar-refractivity contribution < 1.29 is 19.1 Å². The van der Waals surface area contributed by atoms with Crippen molar-refractivity contribution in [3.63, 3.8) is 0 Å². The van der Waals surface area contributed by atoms with Gasteiger partial charge >= 0.3 is 5.97 Å². The van der Waals surface area contributed by atoms with E-state index in [1.807, 2.05) is 6.92 Å². The van der Waals surface area contributed by atoms with Crippen molar-refractivity contribution in [2.45, 2.75) is 32.7 Å². The van der Waals surface area contributed by atoms with Gasteiger partial charge in [0.1, 0.15) is 0 Å². The monoisotopic (exact) mass is 442 g/mol. The van der Waals surface area contributed by atoms with Gasteiger partial charge in [0.25, 0.3) is 5.91 Å². The Morgan fingerprint density at radius 2 is 2.04 bits per heavy atom. The summed E-state index contributed by atoms with van der Waals surface area (Å²) >= 11 is 9.37. The fourth-order valence-corrected chi connectivity index (χ4v) is 3.29. The minimum absolute atomic E-state index is 0.0486. The number of rotatable bonds is 7. The molecule has 1 fully saturated rings. The van der Waals surface area contributed by atoms with Crippen LogP contribution in [-0.4, -0.2) is 30.4 Å². The van der Waals surface area contributed by atoms with Crippen LogP contribution in [0.2, 0.25) is 5.02 Å². The number of esters is 1. The van der Waals surface area contributed by atoms with Gasteiger partial charge in [-0.05, 0) is 60.7 Å². The maximum atomic E-state index is 12.6. The Morgan fingerprint density at radius 3 is 2.65 bits per heavy atom. The Kier molecular flexibility index (Phi) is 7.23. The van der Waals surface area contributed by atoms with E-state index < -0.39 is 11.9 Å². The molecule has 1 aliphatic rings. The third-order valence-electron chi connectivity index (χ3n) is 3.89. The first-order valence-electron chi connectivity index (χ1n) is 8.27. The highest BCUT2D eigenvalue weighted by Crippen LogP contribution is 2.34. The fourth-order valence-electron chi connectivity index (χ4n) is 2.38. The summed E-state index contributed by atoms with van der Waals surface area (Å²) < 4.78 is 5.18. The van der Waals surface area contributed by atoms with Gasteiger partial charge in [0.15, 0.2) is 0 Å². The maximum Gasteiger partial charge on any atom is 0.330 e.